The molecule has 1 unspecified atom stereocenters. The molecule has 0 amide bonds. The van der Waals surface area contributed by atoms with Gasteiger partial charge in [-0.15, -0.1) is 0 Å². The van der Waals surface area contributed by atoms with Crippen LogP contribution in [0, 0.1) is 6.92 Å². The Kier molecular flexibility index (Phi) is 4.51. The van der Waals surface area contributed by atoms with Crippen LogP contribution in [0.4, 0.5) is 0 Å². The van der Waals surface area contributed by atoms with Crippen molar-refractivity contribution in [1.82, 2.24) is 0 Å². The highest BCUT2D eigenvalue weighted by molar-refractivity contribution is 5.22. The molecule has 0 aliphatic carbocycles. The Labute approximate surface area is 98.8 Å². The second-order valence-corrected chi connectivity index (χ2v) is 5.38. The first kappa shape index (κ1) is 13.2. The molecule has 1 rings (SSSR count). The summed E-state index contributed by atoms with van der Waals surface area (Å²) in [6.07, 6.45) is 0.873. The van der Waals surface area contributed by atoms with E-state index >= 15 is 0 Å². The number of ether oxygens (including phenoxy) is 1. The van der Waals surface area contributed by atoms with Crippen LogP contribution in [0.25, 0.3) is 0 Å². The molecule has 0 aromatic heterocycles. The smallest absolute Gasteiger partial charge is 0.0627 e. The second kappa shape index (κ2) is 5.46. The zero-order valence-electron chi connectivity index (χ0n) is 10.8. The van der Waals surface area contributed by atoms with Gasteiger partial charge in [-0.25, -0.2) is 0 Å². The van der Waals surface area contributed by atoms with Crippen molar-refractivity contribution < 1.29 is 4.74 Å². The highest BCUT2D eigenvalue weighted by atomic mass is 16.5. The van der Waals surface area contributed by atoms with E-state index < -0.39 is 0 Å². The Morgan fingerprint density at radius 1 is 1.31 bits per heavy atom. The molecule has 16 heavy (non-hydrogen) atoms. The van der Waals surface area contributed by atoms with E-state index in [0.29, 0.717) is 6.61 Å². The van der Waals surface area contributed by atoms with Crippen LogP contribution in [-0.2, 0) is 11.2 Å². The SMILES string of the molecule is Cc1cccc(CC(N)COC(C)(C)C)c1. The summed E-state index contributed by atoms with van der Waals surface area (Å²) in [6, 6.07) is 8.53. The van der Waals surface area contributed by atoms with E-state index in [1.165, 1.54) is 11.1 Å². The highest BCUT2D eigenvalue weighted by Gasteiger charge is 2.13. The van der Waals surface area contributed by atoms with Crippen LogP contribution >= 0.6 is 0 Å². The molecule has 0 saturated carbocycles. The second-order valence-electron chi connectivity index (χ2n) is 5.38. The van der Waals surface area contributed by atoms with Crippen LogP contribution in [0.15, 0.2) is 24.3 Å². The van der Waals surface area contributed by atoms with Gasteiger partial charge in [0.2, 0.25) is 0 Å². The molecule has 1 aromatic carbocycles. The third-order valence-corrected chi connectivity index (χ3v) is 2.31. The van der Waals surface area contributed by atoms with Crippen molar-refractivity contribution in [3.8, 4) is 0 Å². The molecular formula is C14H23NO. The number of hydrogen-bond acceptors (Lipinski definition) is 2. The van der Waals surface area contributed by atoms with Crippen LogP contribution in [0.1, 0.15) is 31.9 Å². The van der Waals surface area contributed by atoms with Gasteiger partial charge in [0.05, 0.1) is 12.2 Å². The average molecular weight is 221 g/mol. The lowest BCUT2D eigenvalue weighted by Crippen LogP contribution is -2.33. The van der Waals surface area contributed by atoms with Crippen LogP contribution in [-0.4, -0.2) is 18.2 Å². The summed E-state index contributed by atoms with van der Waals surface area (Å²) < 4.78 is 5.67. The van der Waals surface area contributed by atoms with Gasteiger partial charge in [0.1, 0.15) is 0 Å². The van der Waals surface area contributed by atoms with Gasteiger partial charge in [-0.2, -0.15) is 0 Å². The van der Waals surface area contributed by atoms with Crippen LogP contribution < -0.4 is 5.73 Å². The predicted octanol–water partition coefficient (Wildman–Crippen LogP) is 2.68. The van der Waals surface area contributed by atoms with E-state index in [0.717, 1.165) is 6.42 Å². The van der Waals surface area contributed by atoms with Crippen molar-refractivity contribution >= 4 is 0 Å². The fourth-order valence-electron chi connectivity index (χ4n) is 1.56. The molecule has 2 heteroatoms. The minimum Gasteiger partial charge on any atom is -0.374 e. The topological polar surface area (TPSA) is 35.2 Å². The van der Waals surface area contributed by atoms with E-state index in [1.807, 2.05) is 20.8 Å². The van der Waals surface area contributed by atoms with Crippen molar-refractivity contribution in [3.63, 3.8) is 0 Å². The predicted molar refractivity (Wildman–Crippen MR) is 68.6 cm³/mol. The van der Waals surface area contributed by atoms with E-state index in [9.17, 15) is 0 Å². The van der Waals surface area contributed by atoms with E-state index in [2.05, 4.69) is 31.2 Å². The molecule has 0 heterocycles. The summed E-state index contributed by atoms with van der Waals surface area (Å²) in [5, 5.41) is 0. The van der Waals surface area contributed by atoms with Crippen molar-refractivity contribution in [2.45, 2.75) is 45.8 Å². The lowest BCUT2D eigenvalue weighted by molar-refractivity contribution is -0.00983. The average Bonchev–Trinajstić information content (AvgIpc) is 2.14. The maximum Gasteiger partial charge on any atom is 0.0627 e. The third-order valence-electron chi connectivity index (χ3n) is 2.31. The van der Waals surface area contributed by atoms with Gasteiger partial charge in [-0.1, -0.05) is 29.8 Å². The van der Waals surface area contributed by atoms with Gasteiger partial charge >= 0.3 is 0 Å². The monoisotopic (exact) mass is 221 g/mol. The largest absolute Gasteiger partial charge is 0.374 e. The molecule has 0 saturated heterocycles. The van der Waals surface area contributed by atoms with E-state index in [1.54, 1.807) is 0 Å². The van der Waals surface area contributed by atoms with Gasteiger partial charge in [0, 0.05) is 6.04 Å². The fourth-order valence-corrected chi connectivity index (χ4v) is 1.56. The minimum atomic E-state index is -0.107. The summed E-state index contributed by atoms with van der Waals surface area (Å²) in [4.78, 5) is 0. The lowest BCUT2D eigenvalue weighted by Gasteiger charge is -2.22. The Hall–Kier alpha value is -0.860. The molecule has 90 valence electrons. The maximum atomic E-state index is 6.04. The standard InChI is InChI=1S/C14H23NO/c1-11-6-5-7-12(8-11)9-13(15)10-16-14(2,3)4/h5-8,13H,9-10,15H2,1-4H3. The van der Waals surface area contributed by atoms with Gasteiger partial charge in [0.25, 0.3) is 0 Å². The number of rotatable bonds is 4. The van der Waals surface area contributed by atoms with Crippen molar-refractivity contribution in [2.24, 2.45) is 5.73 Å². The van der Waals surface area contributed by atoms with Crippen molar-refractivity contribution in [1.29, 1.82) is 0 Å². The molecule has 1 atom stereocenters. The minimum absolute atomic E-state index is 0.0704. The zero-order chi connectivity index (χ0) is 12.2. The van der Waals surface area contributed by atoms with Gasteiger partial charge in [-0.05, 0) is 39.7 Å². The molecule has 1 aromatic rings. The Bertz CT molecular complexity index is 328. The van der Waals surface area contributed by atoms with Crippen molar-refractivity contribution in [3.05, 3.63) is 35.4 Å². The first-order chi connectivity index (χ1) is 7.37. The summed E-state index contributed by atoms with van der Waals surface area (Å²) in [7, 11) is 0. The summed E-state index contributed by atoms with van der Waals surface area (Å²) in [6.45, 7) is 8.85. The van der Waals surface area contributed by atoms with Gasteiger partial charge in [-0.3, -0.25) is 0 Å². The number of nitrogens with two attached hydrogens (primary N) is 1. The quantitative estimate of drug-likeness (QED) is 0.848. The van der Waals surface area contributed by atoms with Gasteiger partial charge < -0.3 is 10.5 Å². The summed E-state index contributed by atoms with van der Waals surface area (Å²) >= 11 is 0. The maximum absolute atomic E-state index is 6.04. The van der Waals surface area contributed by atoms with Crippen LogP contribution in [0.5, 0.6) is 0 Å². The van der Waals surface area contributed by atoms with Crippen molar-refractivity contribution in [2.75, 3.05) is 6.61 Å². The zero-order valence-corrected chi connectivity index (χ0v) is 10.8. The van der Waals surface area contributed by atoms with Crippen LogP contribution in [0.2, 0.25) is 0 Å². The summed E-state index contributed by atoms with van der Waals surface area (Å²) in [5.41, 5.74) is 8.49. The lowest BCUT2D eigenvalue weighted by atomic mass is 10.0. The summed E-state index contributed by atoms with van der Waals surface area (Å²) in [5.74, 6) is 0. The number of benzene rings is 1. The number of aryl methyl sites for hydroxylation is 1. The van der Waals surface area contributed by atoms with E-state index in [4.69, 9.17) is 10.5 Å². The molecule has 0 aliphatic heterocycles. The Morgan fingerprint density at radius 2 is 2.00 bits per heavy atom. The molecule has 2 N–H and O–H groups in total. The molecule has 2 nitrogen and oxygen atoms in total. The van der Waals surface area contributed by atoms with E-state index in [-0.39, 0.29) is 11.6 Å². The molecule has 0 radical (unpaired) electrons. The van der Waals surface area contributed by atoms with Crippen LogP contribution in [0.3, 0.4) is 0 Å². The third kappa shape index (κ3) is 5.29. The molecule has 0 bridgehead atoms. The number of hydrogen-bond donors (Lipinski definition) is 1. The highest BCUT2D eigenvalue weighted by Crippen LogP contribution is 2.10. The normalized spacial score (nSPS) is 13.8. The molecule has 0 fully saturated rings. The first-order valence-corrected chi connectivity index (χ1v) is 5.82. The first-order valence-electron chi connectivity index (χ1n) is 5.82. The fraction of sp³-hybridized carbons (Fsp3) is 0.571. The van der Waals surface area contributed by atoms with Gasteiger partial charge in [0.15, 0.2) is 0 Å². The Morgan fingerprint density at radius 3 is 2.56 bits per heavy atom. The molecule has 0 spiro atoms. The molecular weight excluding hydrogens is 198 g/mol. The Balaban J connectivity index is 2.43. The molecule has 0 aliphatic rings.